The summed E-state index contributed by atoms with van der Waals surface area (Å²) >= 11 is 0. The van der Waals surface area contributed by atoms with Crippen LogP contribution in [-0.4, -0.2) is 18.0 Å². The number of hydrogen-bond acceptors (Lipinski definition) is 2. The van der Waals surface area contributed by atoms with Gasteiger partial charge in [0.25, 0.3) is 0 Å². The molecule has 2 rings (SSSR count). The standard InChI is InChI=1S/C18H28N2O/c1-13-9-7-8-12-17(13)14(2)19-15(3)18(21)20-16-10-5-4-6-11-16/h7-9,12,14-16,19H,4-6,10-11H2,1-3H3,(H,20,21)/t14-,15?/m0/s1. The molecule has 0 radical (unpaired) electrons. The molecule has 0 bridgehead atoms. The van der Waals surface area contributed by atoms with E-state index in [1.165, 1.54) is 30.4 Å². The van der Waals surface area contributed by atoms with Gasteiger partial charge in [0, 0.05) is 12.1 Å². The molecule has 0 spiro atoms. The first-order chi connectivity index (χ1) is 10.1. The van der Waals surface area contributed by atoms with Crippen LogP contribution in [0.15, 0.2) is 24.3 Å². The third kappa shape index (κ3) is 4.57. The van der Waals surface area contributed by atoms with Crippen LogP contribution in [0.2, 0.25) is 0 Å². The SMILES string of the molecule is Cc1ccccc1[C@H](C)NC(C)C(=O)NC1CCCCC1. The predicted octanol–water partition coefficient (Wildman–Crippen LogP) is 3.48. The van der Waals surface area contributed by atoms with Crippen molar-refractivity contribution >= 4 is 5.91 Å². The van der Waals surface area contributed by atoms with E-state index >= 15 is 0 Å². The van der Waals surface area contributed by atoms with Gasteiger partial charge in [-0.15, -0.1) is 0 Å². The fraction of sp³-hybridized carbons (Fsp3) is 0.611. The Kier molecular flexibility index (Phi) is 5.80. The predicted molar refractivity (Wildman–Crippen MR) is 87.2 cm³/mol. The number of carbonyl (C=O) groups excluding carboxylic acids is 1. The van der Waals surface area contributed by atoms with Crippen molar-refractivity contribution in [3.8, 4) is 0 Å². The van der Waals surface area contributed by atoms with Gasteiger partial charge in [-0.1, -0.05) is 43.5 Å². The second-order valence-corrected chi connectivity index (χ2v) is 6.31. The van der Waals surface area contributed by atoms with Crippen LogP contribution in [0.1, 0.15) is 63.1 Å². The van der Waals surface area contributed by atoms with Crippen molar-refractivity contribution in [3.63, 3.8) is 0 Å². The highest BCUT2D eigenvalue weighted by Gasteiger charge is 2.21. The van der Waals surface area contributed by atoms with Gasteiger partial charge in [-0.25, -0.2) is 0 Å². The Morgan fingerprint density at radius 2 is 1.81 bits per heavy atom. The van der Waals surface area contributed by atoms with Crippen molar-refractivity contribution in [2.24, 2.45) is 0 Å². The Labute approximate surface area is 128 Å². The van der Waals surface area contributed by atoms with E-state index in [9.17, 15) is 4.79 Å². The quantitative estimate of drug-likeness (QED) is 0.871. The van der Waals surface area contributed by atoms with Crippen LogP contribution in [0, 0.1) is 6.92 Å². The van der Waals surface area contributed by atoms with E-state index in [-0.39, 0.29) is 18.0 Å². The fourth-order valence-electron chi connectivity index (χ4n) is 3.19. The summed E-state index contributed by atoms with van der Waals surface area (Å²) in [5, 5.41) is 6.60. The summed E-state index contributed by atoms with van der Waals surface area (Å²) in [5.41, 5.74) is 2.52. The van der Waals surface area contributed by atoms with Gasteiger partial charge in [0.1, 0.15) is 0 Å². The molecule has 3 heteroatoms. The Hall–Kier alpha value is -1.35. The molecular weight excluding hydrogens is 260 g/mol. The molecule has 0 aromatic heterocycles. The minimum atomic E-state index is -0.165. The molecular formula is C18H28N2O. The number of rotatable bonds is 5. The molecule has 1 saturated carbocycles. The van der Waals surface area contributed by atoms with Crippen molar-refractivity contribution in [1.29, 1.82) is 0 Å². The van der Waals surface area contributed by atoms with Gasteiger partial charge >= 0.3 is 0 Å². The van der Waals surface area contributed by atoms with Gasteiger partial charge < -0.3 is 5.32 Å². The summed E-state index contributed by atoms with van der Waals surface area (Å²) in [6.07, 6.45) is 6.06. The van der Waals surface area contributed by atoms with Crippen LogP contribution in [0.25, 0.3) is 0 Å². The molecule has 0 saturated heterocycles. The Morgan fingerprint density at radius 3 is 2.48 bits per heavy atom. The molecule has 1 aliphatic carbocycles. The average molecular weight is 288 g/mol. The summed E-state index contributed by atoms with van der Waals surface area (Å²) in [6.45, 7) is 6.18. The molecule has 1 aliphatic rings. The number of aryl methyl sites for hydroxylation is 1. The molecule has 1 unspecified atom stereocenters. The highest BCUT2D eigenvalue weighted by atomic mass is 16.2. The lowest BCUT2D eigenvalue weighted by molar-refractivity contribution is -0.123. The maximum atomic E-state index is 12.3. The van der Waals surface area contributed by atoms with Crippen molar-refractivity contribution < 1.29 is 4.79 Å². The Morgan fingerprint density at radius 1 is 1.14 bits per heavy atom. The maximum absolute atomic E-state index is 12.3. The smallest absolute Gasteiger partial charge is 0.237 e. The lowest BCUT2D eigenvalue weighted by Gasteiger charge is -2.26. The summed E-state index contributed by atoms with van der Waals surface area (Å²) in [4.78, 5) is 12.3. The molecule has 1 aromatic rings. The van der Waals surface area contributed by atoms with Gasteiger partial charge in [-0.3, -0.25) is 10.1 Å². The van der Waals surface area contributed by atoms with Gasteiger partial charge in [-0.05, 0) is 44.7 Å². The zero-order valence-corrected chi connectivity index (χ0v) is 13.5. The summed E-state index contributed by atoms with van der Waals surface area (Å²) in [6, 6.07) is 8.72. The average Bonchev–Trinajstić information content (AvgIpc) is 2.48. The lowest BCUT2D eigenvalue weighted by Crippen LogP contribution is -2.47. The molecule has 2 atom stereocenters. The molecule has 1 fully saturated rings. The first-order valence-electron chi connectivity index (χ1n) is 8.20. The topological polar surface area (TPSA) is 41.1 Å². The molecule has 1 amide bonds. The van der Waals surface area contributed by atoms with Crippen LogP contribution in [0.5, 0.6) is 0 Å². The first-order valence-corrected chi connectivity index (χ1v) is 8.20. The van der Waals surface area contributed by atoms with E-state index in [0.29, 0.717) is 6.04 Å². The van der Waals surface area contributed by atoms with E-state index in [2.05, 4.69) is 36.6 Å². The molecule has 3 nitrogen and oxygen atoms in total. The number of nitrogens with one attached hydrogen (secondary N) is 2. The zero-order valence-electron chi connectivity index (χ0n) is 13.5. The molecule has 21 heavy (non-hydrogen) atoms. The highest BCUT2D eigenvalue weighted by Crippen LogP contribution is 2.19. The summed E-state index contributed by atoms with van der Waals surface area (Å²) in [5.74, 6) is 0.127. The monoisotopic (exact) mass is 288 g/mol. The van der Waals surface area contributed by atoms with E-state index in [0.717, 1.165) is 12.8 Å². The van der Waals surface area contributed by atoms with E-state index in [4.69, 9.17) is 0 Å². The third-order valence-electron chi connectivity index (χ3n) is 4.50. The first kappa shape index (κ1) is 16.0. The molecule has 0 aliphatic heterocycles. The lowest BCUT2D eigenvalue weighted by atomic mass is 9.95. The van der Waals surface area contributed by atoms with Crippen LogP contribution in [0.4, 0.5) is 0 Å². The van der Waals surface area contributed by atoms with Gasteiger partial charge in [0.05, 0.1) is 6.04 Å². The second kappa shape index (κ2) is 7.60. The van der Waals surface area contributed by atoms with Crippen molar-refractivity contribution in [1.82, 2.24) is 10.6 Å². The van der Waals surface area contributed by atoms with Crippen molar-refractivity contribution in [3.05, 3.63) is 35.4 Å². The van der Waals surface area contributed by atoms with E-state index < -0.39 is 0 Å². The van der Waals surface area contributed by atoms with Crippen LogP contribution in [0.3, 0.4) is 0 Å². The van der Waals surface area contributed by atoms with Gasteiger partial charge in [0.15, 0.2) is 0 Å². The van der Waals surface area contributed by atoms with Crippen LogP contribution >= 0.6 is 0 Å². The van der Waals surface area contributed by atoms with Gasteiger partial charge in [-0.2, -0.15) is 0 Å². The number of hydrogen-bond donors (Lipinski definition) is 2. The summed E-state index contributed by atoms with van der Waals surface area (Å²) in [7, 11) is 0. The molecule has 116 valence electrons. The van der Waals surface area contributed by atoms with Crippen LogP contribution < -0.4 is 10.6 Å². The minimum absolute atomic E-state index is 0.127. The van der Waals surface area contributed by atoms with Crippen molar-refractivity contribution in [2.45, 2.75) is 71.0 Å². The number of amides is 1. The minimum Gasteiger partial charge on any atom is -0.352 e. The largest absolute Gasteiger partial charge is 0.352 e. The molecule has 1 aromatic carbocycles. The normalized spacial score (nSPS) is 19.0. The second-order valence-electron chi connectivity index (χ2n) is 6.31. The fourth-order valence-corrected chi connectivity index (χ4v) is 3.19. The zero-order chi connectivity index (χ0) is 15.2. The Balaban J connectivity index is 1.86. The molecule has 2 N–H and O–H groups in total. The van der Waals surface area contributed by atoms with Crippen molar-refractivity contribution in [2.75, 3.05) is 0 Å². The van der Waals surface area contributed by atoms with E-state index in [1.807, 2.05) is 19.1 Å². The third-order valence-corrected chi connectivity index (χ3v) is 4.50. The summed E-state index contributed by atoms with van der Waals surface area (Å²) < 4.78 is 0. The molecule has 0 heterocycles. The maximum Gasteiger partial charge on any atom is 0.237 e. The Bertz CT molecular complexity index is 466. The highest BCUT2D eigenvalue weighted by molar-refractivity contribution is 5.81. The number of benzene rings is 1. The van der Waals surface area contributed by atoms with E-state index in [1.54, 1.807) is 0 Å². The number of carbonyl (C=O) groups is 1. The van der Waals surface area contributed by atoms with Gasteiger partial charge in [0.2, 0.25) is 5.91 Å². The van der Waals surface area contributed by atoms with Crippen LogP contribution in [-0.2, 0) is 4.79 Å².